The van der Waals surface area contributed by atoms with Crippen LogP contribution in [0.25, 0.3) is 0 Å². The Bertz CT molecular complexity index is 642. The first-order valence-electron chi connectivity index (χ1n) is 6.47. The second kappa shape index (κ2) is 6.09. The number of rotatable bonds is 4. The second-order valence-electron chi connectivity index (χ2n) is 4.44. The molecule has 2 aromatic carbocycles. The van der Waals surface area contributed by atoms with Gasteiger partial charge < -0.3 is 4.74 Å². The van der Waals surface area contributed by atoms with Gasteiger partial charge in [-0.15, -0.1) is 11.8 Å². The van der Waals surface area contributed by atoms with Crippen molar-refractivity contribution in [1.29, 1.82) is 0 Å². The Morgan fingerprint density at radius 3 is 2.85 bits per heavy atom. The third kappa shape index (κ3) is 3.02. The maximum Gasteiger partial charge on any atom is 0.129 e. The first kappa shape index (κ1) is 13.2. The summed E-state index contributed by atoms with van der Waals surface area (Å²) in [6.07, 6.45) is 0. The smallest absolute Gasteiger partial charge is 0.129 e. The van der Waals surface area contributed by atoms with Gasteiger partial charge in [-0.25, -0.2) is 4.39 Å². The van der Waals surface area contributed by atoms with Gasteiger partial charge in [-0.05, 0) is 18.2 Å². The van der Waals surface area contributed by atoms with E-state index < -0.39 is 0 Å². The fraction of sp³-hybridized carbons (Fsp3) is 0.188. The van der Waals surface area contributed by atoms with Crippen molar-refractivity contribution in [3.63, 3.8) is 0 Å². The Morgan fingerprint density at radius 1 is 1.15 bits per heavy atom. The van der Waals surface area contributed by atoms with Crippen molar-refractivity contribution in [2.45, 2.75) is 6.61 Å². The van der Waals surface area contributed by atoms with E-state index in [1.807, 2.05) is 30.3 Å². The maximum atomic E-state index is 13.5. The molecular weight excluding hydrogens is 273 g/mol. The van der Waals surface area contributed by atoms with Gasteiger partial charge >= 0.3 is 0 Å². The summed E-state index contributed by atoms with van der Waals surface area (Å²) in [6, 6.07) is 14.5. The SMILES string of the molecule is Fc1ccccc1COc1cccc(C2=NCCS2)c1. The Balaban J connectivity index is 1.72. The molecule has 4 heteroatoms. The number of nitrogens with zero attached hydrogens (tertiary/aromatic N) is 1. The van der Waals surface area contributed by atoms with Crippen LogP contribution in [0.5, 0.6) is 5.75 Å². The predicted octanol–water partition coefficient (Wildman–Crippen LogP) is 3.90. The molecule has 0 radical (unpaired) electrons. The molecule has 0 fully saturated rings. The standard InChI is InChI=1S/C16H14FNOS/c17-15-7-2-1-4-13(15)11-19-14-6-3-5-12(10-14)16-18-8-9-20-16/h1-7,10H,8-9,11H2. The zero-order chi connectivity index (χ0) is 13.8. The zero-order valence-electron chi connectivity index (χ0n) is 10.9. The predicted molar refractivity (Wildman–Crippen MR) is 81.0 cm³/mol. The summed E-state index contributed by atoms with van der Waals surface area (Å²) in [5.74, 6) is 1.54. The minimum atomic E-state index is -0.237. The van der Waals surface area contributed by atoms with E-state index in [9.17, 15) is 4.39 Å². The molecule has 0 spiro atoms. The van der Waals surface area contributed by atoms with Crippen LogP contribution < -0.4 is 4.74 Å². The summed E-state index contributed by atoms with van der Waals surface area (Å²) < 4.78 is 19.2. The highest BCUT2D eigenvalue weighted by molar-refractivity contribution is 8.14. The first-order chi connectivity index (χ1) is 9.83. The minimum Gasteiger partial charge on any atom is -0.489 e. The number of aliphatic imine (C=N–C) groups is 1. The molecule has 3 rings (SSSR count). The summed E-state index contributed by atoms with van der Waals surface area (Å²) in [7, 11) is 0. The van der Waals surface area contributed by atoms with Crippen molar-refractivity contribution >= 4 is 16.8 Å². The van der Waals surface area contributed by atoms with Crippen molar-refractivity contribution < 1.29 is 9.13 Å². The average molecular weight is 287 g/mol. The zero-order valence-corrected chi connectivity index (χ0v) is 11.7. The molecule has 0 saturated heterocycles. The third-order valence-corrected chi connectivity index (χ3v) is 4.04. The van der Waals surface area contributed by atoms with E-state index in [1.54, 1.807) is 23.9 Å². The van der Waals surface area contributed by atoms with Crippen LogP contribution in [0.15, 0.2) is 53.5 Å². The highest BCUT2D eigenvalue weighted by atomic mass is 32.2. The van der Waals surface area contributed by atoms with Crippen LogP contribution in [0.2, 0.25) is 0 Å². The van der Waals surface area contributed by atoms with Crippen LogP contribution in [0.4, 0.5) is 4.39 Å². The van der Waals surface area contributed by atoms with Gasteiger partial charge in [0, 0.05) is 23.4 Å². The lowest BCUT2D eigenvalue weighted by molar-refractivity contribution is 0.300. The summed E-state index contributed by atoms with van der Waals surface area (Å²) in [6.45, 7) is 1.11. The molecule has 0 aliphatic carbocycles. The fourth-order valence-electron chi connectivity index (χ4n) is 2.01. The normalized spacial score (nSPS) is 14.2. The molecule has 0 saturated carbocycles. The number of thioether (sulfide) groups is 1. The van der Waals surface area contributed by atoms with Gasteiger partial charge in [0.15, 0.2) is 0 Å². The molecule has 0 atom stereocenters. The van der Waals surface area contributed by atoms with E-state index in [4.69, 9.17) is 4.74 Å². The average Bonchev–Trinajstić information content (AvgIpc) is 3.01. The molecule has 2 aromatic rings. The van der Waals surface area contributed by atoms with Crippen LogP contribution in [-0.4, -0.2) is 17.3 Å². The molecule has 1 heterocycles. The van der Waals surface area contributed by atoms with Crippen molar-refractivity contribution in [3.05, 3.63) is 65.5 Å². The van der Waals surface area contributed by atoms with Crippen molar-refractivity contribution in [1.82, 2.24) is 0 Å². The van der Waals surface area contributed by atoms with E-state index in [0.29, 0.717) is 5.56 Å². The monoisotopic (exact) mass is 287 g/mol. The van der Waals surface area contributed by atoms with Crippen molar-refractivity contribution in [3.8, 4) is 5.75 Å². The van der Waals surface area contributed by atoms with Gasteiger partial charge in [0.2, 0.25) is 0 Å². The molecule has 20 heavy (non-hydrogen) atoms. The van der Waals surface area contributed by atoms with E-state index in [0.717, 1.165) is 28.7 Å². The molecule has 1 aliphatic heterocycles. The van der Waals surface area contributed by atoms with E-state index in [2.05, 4.69) is 4.99 Å². The summed E-state index contributed by atoms with van der Waals surface area (Å²) in [4.78, 5) is 4.44. The molecule has 0 unspecified atom stereocenters. The van der Waals surface area contributed by atoms with E-state index in [-0.39, 0.29) is 12.4 Å². The molecule has 2 nitrogen and oxygen atoms in total. The van der Waals surface area contributed by atoms with Crippen LogP contribution in [0.1, 0.15) is 11.1 Å². The Labute approximate surface area is 121 Å². The fourth-order valence-corrected chi connectivity index (χ4v) is 2.86. The van der Waals surface area contributed by atoms with Crippen molar-refractivity contribution in [2.24, 2.45) is 4.99 Å². The number of halogens is 1. The Morgan fingerprint density at radius 2 is 2.05 bits per heavy atom. The molecule has 0 bridgehead atoms. The van der Waals surface area contributed by atoms with Gasteiger partial charge in [-0.1, -0.05) is 30.3 Å². The molecule has 0 N–H and O–H groups in total. The highest BCUT2D eigenvalue weighted by Gasteiger charge is 2.10. The van der Waals surface area contributed by atoms with Gasteiger partial charge in [0.1, 0.15) is 18.2 Å². The van der Waals surface area contributed by atoms with Crippen LogP contribution in [0.3, 0.4) is 0 Å². The second-order valence-corrected chi connectivity index (χ2v) is 5.53. The topological polar surface area (TPSA) is 21.6 Å². The maximum absolute atomic E-state index is 13.5. The van der Waals surface area contributed by atoms with Gasteiger partial charge in [-0.3, -0.25) is 4.99 Å². The van der Waals surface area contributed by atoms with E-state index in [1.165, 1.54) is 6.07 Å². The first-order valence-corrected chi connectivity index (χ1v) is 7.45. The number of hydrogen-bond acceptors (Lipinski definition) is 3. The van der Waals surface area contributed by atoms with Gasteiger partial charge in [0.05, 0.1) is 5.04 Å². The minimum absolute atomic E-state index is 0.232. The molecule has 102 valence electrons. The van der Waals surface area contributed by atoms with Crippen LogP contribution >= 0.6 is 11.8 Å². The lowest BCUT2D eigenvalue weighted by atomic mass is 10.2. The number of hydrogen-bond donors (Lipinski definition) is 0. The summed E-state index contributed by atoms with van der Waals surface area (Å²) >= 11 is 1.76. The van der Waals surface area contributed by atoms with Crippen LogP contribution in [0, 0.1) is 5.82 Å². The highest BCUT2D eigenvalue weighted by Crippen LogP contribution is 2.23. The lowest BCUT2D eigenvalue weighted by Crippen LogP contribution is -1.99. The summed E-state index contributed by atoms with van der Waals surface area (Å²) in [5.41, 5.74) is 1.63. The summed E-state index contributed by atoms with van der Waals surface area (Å²) in [5, 5.41) is 1.06. The van der Waals surface area contributed by atoms with Gasteiger partial charge in [0.25, 0.3) is 0 Å². The molecule has 0 amide bonds. The van der Waals surface area contributed by atoms with E-state index >= 15 is 0 Å². The Hall–Kier alpha value is -1.81. The van der Waals surface area contributed by atoms with Crippen LogP contribution in [-0.2, 0) is 6.61 Å². The van der Waals surface area contributed by atoms with Crippen molar-refractivity contribution in [2.75, 3.05) is 12.3 Å². The molecule has 0 aromatic heterocycles. The largest absolute Gasteiger partial charge is 0.489 e. The van der Waals surface area contributed by atoms with Gasteiger partial charge in [-0.2, -0.15) is 0 Å². The third-order valence-electron chi connectivity index (χ3n) is 3.02. The molecular formula is C16H14FNOS. The lowest BCUT2D eigenvalue weighted by Gasteiger charge is -2.08. The Kier molecular flexibility index (Phi) is 4.02. The molecule has 1 aliphatic rings. The number of ether oxygens (including phenoxy) is 1. The quantitative estimate of drug-likeness (QED) is 0.850. The number of benzene rings is 2.